The van der Waals surface area contributed by atoms with Crippen LogP contribution < -0.4 is 15.4 Å². The molecule has 7 nitrogen and oxygen atoms in total. The van der Waals surface area contributed by atoms with Crippen molar-refractivity contribution in [3.8, 4) is 5.75 Å². The van der Waals surface area contributed by atoms with Crippen LogP contribution in [-0.2, 0) is 11.8 Å². The molecule has 2 N–H and O–H groups in total. The third-order valence-corrected chi connectivity index (χ3v) is 4.95. The summed E-state index contributed by atoms with van der Waals surface area (Å²) in [6.07, 6.45) is 1.34. The quantitative estimate of drug-likeness (QED) is 0.786. The van der Waals surface area contributed by atoms with E-state index in [9.17, 15) is 4.79 Å². The zero-order chi connectivity index (χ0) is 18.7. The maximum atomic E-state index is 12.5. The highest BCUT2D eigenvalue weighted by molar-refractivity contribution is 6.31. The Labute approximate surface area is 170 Å². The highest BCUT2D eigenvalue weighted by Crippen LogP contribution is 2.24. The number of amides is 1. The molecule has 1 aliphatic heterocycles. The lowest BCUT2D eigenvalue weighted by Crippen LogP contribution is -2.31. The molecule has 1 saturated heterocycles. The van der Waals surface area contributed by atoms with Gasteiger partial charge in [0.1, 0.15) is 5.75 Å². The van der Waals surface area contributed by atoms with Gasteiger partial charge in [0.2, 0.25) is 5.95 Å². The van der Waals surface area contributed by atoms with Crippen LogP contribution in [0.15, 0.2) is 18.2 Å². The molecule has 1 amide bonds. The fraction of sp³-hybridized carbons (Fsp3) is 0.500. The van der Waals surface area contributed by atoms with E-state index in [-0.39, 0.29) is 18.3 Å². The average Bonchev–Trinajstić information content (AvgIpc) is 2.99. The van der Waals surface area contributed by atoms with Gasteiger partial charge in [0.25, 0.3) is 5.91 Å². The minimum atomic E-state index is -0.672. The van der Waals surface area contributed by atoms with E-state index in [1.54, 1.807) is 30.8 Å². The lowest BCUT2D eigenvalue weighted by atomic mass is 9.98. The number of piperidine rings is 1. The van der Waals surface area contributed by atoms with Gasteiger partial charge < -0.3 is 10.1 Å². The number of hydrogen-bond acceptors (Lipinski definition) is 5. The first kappa shape index (κ1) is 21.5. The Balaban J connectivity index is 0.00000261. The molecule has 2 heterocycles. The van der Waals surface area contributed by atoms with Crippen LogP contribution >= 0.6 is 24.0 Å². The smallest absolute Gasteiger partial charge is 0.267 e. The van der Waals surface area contributed by atoms with Crippen LogP contribution in [0.25, 0.3) is 0 Å². The molecule has 1 atom stereocenters. The first-order valence-corrected chi connectivity index (χ1v) is 9.17. The standard InChI is InChI=1S/C18H24ClN5O2.ClH/c1-11-10-14(4-5-15(11)19)26-12(2)17(25)22-18-21-16(23-24(18)3)13-6-8-20-9-7-13;/h4-5,10,12-13,20H,6-9H2,1-3H3,(H,21,22,23,25);1H. The summed E-state index contributed by atoms with van der Waals surface area (Å²) in [4.78, 5) is 17.0. The Morgan fingerprint density at radius 3 is 2.78 bits per heavy atom. The first-order chi connectivity index (χ1) is 12.4. The maximum Gasteiger partial charge on any atom is 0.267 e. The van der Waals surface area contributed by atoms with Crippen LogP contribution in [-0.4, -0.2) is 39.9 Å². The van der Waals surface area contributed by atoms with Crippen molar-refractivity contribution in [3.63, 3.8) is 0 Å². The number of nitrogens with zero attached hydrogens (tertiary/aromatic N) is 3. The molecular formula is C18H25Cl2N5O2. The summed E-state index contributed by atoms with van der Waals surface area (Å²) in [5, 5.41) is 11.3. The van der Waals surface area contributed by atoms with E-state index >= 15 is 0 Å². The molecule has 1 aliphatic rings. The zero-order valence-electron chi connectivity index (χ0n) is 15.7. The Hall–Kier alpha value is -1.83. The van der Waals surface area contributed by atoms with Crippen molar-refractivity contribution in [1.82, 2.24) is 20.1 Å². The van der Waals surface area contributed by atoms with Gasteiger partial charge in [0, 0.05) is 18.0 Å². The lowest BCUT2D eigenvalue weighted by Gasteiger charge is -2.19. The maximum absolute atomic E-state index is 12.5. The van der Waals surface area contributed by atoms with Gasteiger partial charge in [-0.2, -0.15) is 10.1 Å². The molecule has 1 aromatic heterocycles. The van der Waals surface area contributed by atoms with E-state index in [1.807, 2.05) is 13.0 Å². The monoisotopic (exact) mass is 413 g/mol. The van der Waals surface area contributed by atoms with Gasteiger partial charge >= 0.3 is 0 Å². The average molecular weight is 414 g/mol. The first-order valence-electron chi connectivity index (χ1n) is 8.79. The Kier molecular flexibility index (Phi) is 7.47. The van der Waals surface area contributed by atoms with Gasteiger partial charge in [-0.25, -0.2) is 4.68 Å². The summed E-state index contributed by atoms with van der Waals surface area (Å²) >= 11 is 6.01. The summed E-state index contributed by atoms with van der Waals surface area (Å²) in [5.41, 5.74) is 0.900. The molecule has 0 spiro atoms. The number of aryl methyl sites for hydroxylation is 2. The molecule has 27 heavy (non-hydrogen) atoms. The van der Waals surface area contributed by atoms with Crippen molar-refractivity contribution in [3.05, 3.63) is 34.6 Å². The molecular weight excluding hydrogens is 389 g/mol. The summed E-state index contributed by atoms with van der Waals surface area (Å²) in [5.74, 6) is 1.88. The van der Waals surface area contributed by atoms with Gasteiger partial charge in [-0.15, -0.1) is 12.4 Å². The molecule has 9 heteroatoms. The normalized spacial score (nSPS) is 15.7. The predicted octanol–water partition coefficient (Wildman–Crippen LogP) is 3.07. The third-order valence-electron chi connectivity index (χ3n) is 4.53. The van der Waals surface area contributed by atoms with E-state index in [1.165, 1.54) is 0 Å². The van der Waals surface area contributed by atoms with E-state index in [0.29, 0.717) is 22.6 Å². The minimum Gasteiger partial charge on any atom is -0.481 e. The number of carbonyl (C=O) groups is 1. The van der Waals surface area contributed by atoms with Crippen LogP contribution in [0.3, 0.4) is 0 Å². The van der Waals surface area contributed by atoms with Gasteiger partial charge in [-0.1, -0.05) is 11.6 Å². The van der Waals surface area contributed by atoms with Gasteiger partial charge in [0.15, 0.2) is 11.9 Å². The number of anilines is 1. The highest BCUT2D eigenvalue weighted by atomic mass is 35.5. The van der Waals surface area contributed by atoms with Crippen molar-refractivity contribution in [2.45, 2.75) is 38.7 Å². The largest absolute Gasteiger partial charge is 0.481 e. The van der Waals surface area contributed by atoms with Crippen LogP contribution in [0.5, 0.6) is 5.75 Å². The SMILES string of the molecule is Cc1cc(OC(C)C(=O)Nc2nc(C3CCNCC3)nn2C)ccc1Cl.Cl. The number of ether oxygens (including phenoxy) is 1. The van der Waals surface area contributed by atoms with E-state index in [2.05, 4.69) is 20.7 Å². The van der Waals surface area contributed by atoms with Crippen LogP contribution in [0.4, 0.5) is 5.95 Å². The Morgan fingerprint density at radius 1 is 1.41 bits per heavy atom. The number of benzene rings is 1. The third kappa shape index (κ3) is 5.34. The van der Waals surface area contributed by atoms with Crippen LogP contribution in [0, 0.1) is 6.92 Å². The van der Waals surface area contributed by atoms with Crippen molar-refractivity contribution >= 4 is 35.9 Å². The van der Waals surface area contributed by atoms with E-state index < -0.39 is 6.10 Å². The molecule has 1 aromatic carbocycles. The predicted molar refractivity (Wildman–Crippen MR) is 108 cm³/mol. The molecule has 2 aromatic rings. The fourth-order valence-corrected chi connectivity index (χ4v) is 3.04. The summed E-state index contributed by atoms with van der Waals surface area (Å²) in [6.45, 7) is 5.52. The second kappa shape index (κ2) is 9.39. The Bertz CT molecular complexity index is 790. The topological polar surface area (TPSA) is 81.1 Å². The molecule has 0 bridgehead atoms. The molecule has 1 unspecified atom stereocenters. The van der Waals surface area contributed by atoms with Gasteiger partial charge in [-0.3, -0.25) is 10.1 Å². The van der Waals surface area contributed by atoms with E-state index in [4.69, 9.17) is 16.3 Å². The fourth-order valence-electron chi connectivity index (χ4n) is 2.93. The van der Waals surface area contributed by atoms with Gasteiger partial charge in [-0.05, 0) is 63.5 Å². The van der Waals surface area contributed by atoms with Crippen molar-refractivity contribution < 1.29 is 9.53 Å². The number of rotatable bonds is 5. The van der Waals surface area contributed by atoms with Crippen molar-refractivity contribution in [1.29, 1.82) is 0 Å². The summed E-state index contributed by atoms with van der Waals surface area (Å²) in [6, 6.07) is 5.31. The second-order valence-corrected chi connectivity index (χ2v) is 7.01. The Morgan fingerprint density at radius 2 is 2.11 bits per heavy atom. The minimum absolute atomic E-state index is 0. The number of carbonyl (C=O) groups excluding carboxylic acids is 1. The molecule has 148 valence electrons. The molecule has 0 radical (unpaired) electrons. The number of aromatic nitrogens is 3. The van der Waals surface area contributed by atoms with E-state index in [0.717, 1.165) is 37.3 Å². The number of nitrogens with one attached hydrogen (secondary N) is 2. The molecule has 0 aliphatic carbocycles. The molecule has 1 fully saturated rings. The van der Waals surface area contributed by atoms with Crippen LogP contribution in [0.1, 0.15) is 37.1 Å². The molecule has 0 saturated carbocycles. The second-order valence-electron chi connectivity index (χ2n) is 6.60. The number of hydrogen-bond donors (Lipinski definition) is 2. The number of halogens is 2. The van der Waals surface area contributed by atoms with Crippen molar-refractivity contribution in [2.24, 2.45) is 7.05 Å². The summed E-state index contributed by atoms with van der Waals surface area (Å²) in [7, 11) is 1.78. The van der Waals surface area contributed by atoms with Crippen molar-refractivity contribution in [2.75, 3.05) is 18.4 Å². The highest BCUT2D eigenvalue weighted by Gasteiger charge is 2.23. The van der Waals surface area contributed by atoms with Gasteiger partial charge in [0.05, 0.1) is 0 Å². The van der Waals surface area contributed by atoms with Crippen LogP contribution in [0.2, 0.25) is 5.02 Å². The zero-order valence-corrected chi connectivity index (χ0v) is 17.2. The molecule has 3 rings (SSSR count). The summed E-state index contributed by atoms with van der Waals surface area (Å²) < 4.78 is 7.32. The lowest BCUT2D eigenvalue weighted by molar-refractivity contribution is -0.122.